The molecule has 0 aromatic heterocycles. The van der Waals surface area contributed by atoms with E-state index in [2.05, 4.69) is 11.4 Å². The van der Waals surface area contributed by atoms with Gasteiger partial charge in [-0.2, -0.15) is 5.26 Å². The molecule has 3 amide bonds. The van der Waals surface area contributed by atoms with Crippen LogP contribution in [0, 0.1) is 23.2 Å². The maximum absolute atomic E-state index is 12.5. The third-order valence-electron chi connectivity index (χ3n) is 6.66. The Morgan fingerprint density at radius 1 is 1.00 bits per heavy atom. The molecule has 3 heterocycles. The molecule has 0 aromatic carbocycles. The third kappa shape index (κ3) is 3.39. The van der Waals surface area contributed by atoms with Crippen molar-refractivity contribution in [3.8, 4) is 6.07 Å². The summed E-state index contributed by atoms with van der Waals surface area (Å²) in [6, 6.07) is 2.58. The number of nitrogens with zero attached hydrogens (tertiary/aromatic N) is 4. The molecule has 1 saturated carbocycles. The van der Waals surface area contributed by atoms with Crippen LogP contribution in [0.3, 0.4) is 0 Å². The van der Waals surface area contributed by atoms with Gasteiger partial charge in [-0.3, -0.25) is 4.79 Å². The van der Waals surface area contributed by atoms with Gasteiger partial charge in [0.15, 0.2) is 0 Å². The fourth-order valence-electron chi connectivity index (χ4n) is 5.26. The van der Waals surface area contributed by atoms with E-state index in [1.54, 1.807) is 4.90 Å². The van der Waals surface area contributed by atoms with Crippen LogP contribution in [0.4, 0.5) is 4.79 Å². The van der Waals surface area contributed by atoms with Crippen molar-refractivity contribution in [2.75, 3.05) is 39.3 Å². The molecule has 4 fully saturated rings. The van der Waals surface area contributed by atoms with E-state index >= 15 is 0 Å². The molecule has 0 aromatic rings. The number of hydrogen-bond donors (Lipinski definition) is 1. The van der Waals surface area contributed by atoms with Gasteiger partial charge in [0.05, 0.1) is 12.6 Å². The van der Waals surface area contributed by atoms with Crippen molar-refractivity contribution in [2.45, 2.75) is 50.6 Å². The number of carbonyl (C=O) groups is 2. The Morgan fingerprint density at radius 2 is 1.69 bits per heavy atom. The summed E-state index contributed by atoms with van der Waals surface area (Å²) in [6.45, 7) is 4.61. The van der Waals surface area contributed by atoms with E-state index in [1.165, 1.54) is 0 Å². The van der Waals surface area contributed by atoms with Gasteiger partial charge in [0.25, 0.3) is 0 Å². The number of amides is 3. The Morgan fingerprint density at radius 3 is 2.35 bits per heavy atom. The molecule has 3 saturated heterocycles. The predicted molar refractivity (Wildman–Crippen MR) is 96.1 cm³/mol. The van der Waals surface area contributed by atoms with E-state index in [-0.39, 0.29) is 18.0 Å². The summed E-state index contributed by atoms with van der Waals surface area (Å²) in [5.41, 5.74) is 0. The second-order valence-electron chi connectivity index (χ2n) is 8.33. The van der Waals surface area contributed by atoms with E-state index in [0.717, 1.165) is 64.7 Å². The molecule has 0 spiro atoms. The van der Waals surface area contributed by atoms with Crippen molar-refractivity contribution in [1.29, 1.82) is 5.26 Å². The average Bonchev–Trinajstić information content (AvgIpc) is 3.42. The van der Waals surface area contributed by atoms with E-state index in [9.17, 15) is 9.59 Å². The molecule has 4 aliphatic rings. The standard InChI is InChI=1S/C19H29N5O2/c20-10-17-4-3-7-24(17)18(25)11-21-16-8-14-12-23(13-15(14)9-16)19(26)22-5-1-2-6-22/h14-17,21H,1-9,11-13H2/t14-,15+,16-,17-/m0/s1. The summed E-state index contributed by atoms with van der Waals surface area (Å²) in [6.07, 6.45) is 6.09. The van der Waals surface area contributed by atoms with Crippen LogP contribution in [0.15, 0.2) is 0 Å². The molecule has 7 nitrogen and oxygen atoms in total. The first-order chi connectivity index (χ1) is 12.7. The van der Waals surface area contributed by atoms with Crippen LogP contribution in [-0.4, -0.2) is 78.0 Å². The molecule has 4 rings (SSSR count). The first-order valence-corrected chi connectivity index (χ1v) is 10.1. The van der Waals surface area contributed by atoms with E-state index in [0.29, 0.717) is 31.0 Å². The second kappa shape index (κ2) is 7.43. The van der Waals surface area contributed by atoms with E-state index in [4.69, 9.17) is 5.26 Å². The largest absolute Gasteiger partial charge is 0.326 e. The molecular weight excluding hydrogens is 330 g/mol. The first kappa shape index (κ1) is 17.6. The number of rotatable bonds is 3. The topological polar surface area (TPSA) is 79.7 Å². The number of nitriles is 1. The van der Waals surface area contributed by atoms with E-state index < -0.39 is 0 Å². The van der Waals surface area contributed by atoms with Crippen molar-refractivity contribution < 1.29 is 9.59 Å². The summed E-state index contributed by atoms with van der Waals surface area (Å²) in [5.74, 6) is 1.18. The zero-order chi connectivity index (χ0) is 18.1. The van der Waals surface area contributed by atoms with Gasteiger partial charge in [-0.1, -0.05) is 0 Å². The van der Waals surface area contributed by atoms with Gasteiger partial charge in [-0.25, -0.2) is 4.79 Å². The first-order valence-electron chi connectivity index (χ1n) is 10.1. The molecule has 4 atom stereocenters. The summed E-state index contributed by atoms with van der Waals surface area (Å²) < 4.78 is 0. The monoisotopic (exact) mass is 359 g/mol. The number of nitrogens with one attached hydrogen (secondary N) is 1. The predicted octanol–water partition coefficient (Wildman–Crippen LogP) is 1.02. The number of likely N-dealkylation sites (tertiary alicyclic amines) is 3. The highest BCUT2D eigenvalue weighted by Crippen LogP contribution is 2.38. The van der Waals surface area contributed by atoms with Crippen LogP contribution in [0.1, 0.15) is 38.5 Å². The minimum absolute atomic E-state index is 0.0527. The number of carbonyl (C=O) groups excluding carboxylic acids is 2. The third-order valence-corrected chi connectivity index (χ3v) is 6.66. The minimum atomic E-state index is -0.239. The van der Waals surface area contributed by atoms with Crippen molar-refractivity contribution in [2.24, 2.45) is 11.8 Å². The number of fused-ring (bicyclic) bond motifs is 1. The highest BCUT2D eigenvalue weighted by atomic mass is 16.2. The van der Waals surface area contributed by atoms with Crippen molar-refractivity contribution in [1.82, 2.24) is 20.0 Å². The Hall–Kier alpha value is -1.81. The van der Waals surface area contributed by atoms with Crippen LogP contribution in [-0.2, 0) is 4.79 Å². The van der Waals surface area contributed by atoms with Crippen LogP contribution >= 0.6 is 0 Å². The Bertz CT molecular complexity index is 583. The van der Waals surface area contributed by atoms with Crippen molar-refractivity contribution in [3.63, 3.8) is 0 Å². The second-order valence-corrected chi connectivity index (χ2v) is 8.33. The molecule has 3 aliphatic heterocycles. The smallest absolute Gasteiger partial charge is 0.320 e. The van der Waals surface area contributed by atoms with Gasteiger partial charge >= 0.3 is 6.03 Å². The fourth-order valence-corrected chi connectivity index (χ4v) is 5.26. The molecule has 142 valence electrons. The van der Waals surface area contributed by atoms with Crippen LogP contribution < -0.4 is 5.32 Å². The number of urea groups is 1. The van der Waals surface area contributed by atoms with Crippen molar-refractivity contribution in [3.05, 3.63) is 0 Å². The maximum Gasteiger partial charge on any atom is 0.320 e. The lowest BCUT2D eigenvalue weighted by Gasteiger charge is -2.25. The number of hydrogen-bond acceptors (Lipinski definition) is 4. The molecule has 1 N–H and O–H groups in total. The SMILES string of the molecule is N#C[C@@H]1CCCN1C(=O)CN[C@@H]1C[C@@H]2CN(C(=O)N3CCCC3)C[C@@H]2C1. The highest BCUT2D eigenvalue weighted by molar-refractivity contribution is 5.79. The van der Waals surface area contributed by atoms with Gasteiger partial charge in [0.2, 0.25) is 5.91 Å². The quantitative estimate of drug-likeness (QED) is 0.816. The maximum atomic E-state index is 12.5. The molecule has 26 heavy (non-hydrogen) atoms. The Labute approximate surface area is 155 Å². The van der Waals surface area contributed by atoms with Crippen LogP contribution in [0.2, 0.25) is 0 Å². The zero-order valence-corrected chi connectivity index (χ0v) is 15.4. The highest BCUT2D eigenvalue weighted by Gasteiger charge is 2.43. The van der Waals surface area contributed by atoms with Gasteiger partial charge in [-0.05, 0) is 50.4 Å². The molecule has 1 aliphatic carbocycles. The summed E-state index contributed by atoms with van der Waals surface area (Å²) >= 11 is 0. The Kier molecular flexibility index (Phi) is 5.03. The normalized spacial score (nSPS) is 33.6. The lowest BCUT2D eigenvalue weighted by atomic mass is 10.0. The molecule has 7 heteroatoms. The molecular formula is C19H29N5O2. The zero-order valence-electron chi connectivity index (χ0n) is 15.4. The van der Waals surface area contributed by atoms with Gasteiger partial charge in [-0.15, -0.1) is 0 Å². The summed E-state index contributed by atoms with van der Waals surface area (Å²) in [7, 11) is 0. The van der Waals surface area contributed by atoms with Crippen LogP contribution in [0.5, 0.6) is 0 Å². The fraction of sp³-hybridized carbons (Fsp3) is 0.842. The van der Waals surface area contributed by atoms with E-state index in [1.807, 2.05) is 9.80 Å². The summed E-state index contributed by atoms with van der Waals surface area (Å²) in [4.78, 5) is 30.7. The van der Waals surface area contributed by atoms with Gasteiger partial charge in [0.1, 0.15) is 6.04 Å². The average molecular weight is 359 g/mol. The molecule has 0 bridgehead atoms. The van der Waals surface area contributed by atoms with Crippen LogP contribution in [0.25, 0.3) is 0 Å². The van der Waals surface area contributed by atoms with Crippen molar-refractivity contribution >= 4 is 11.9 Å². The molecule has 0 unspecified atom stereocenters. The Balaban J connectivity index is 1.22. The molecule has 0 radical (unpaired) electrons. The van der Waals surface area contributed by atoms with Gasteiger partial charge in [0, 0.05) is 38.8 Å². The summed E-state index contributed by atoms with van der Waals surface area (Å²) in [5, 5.41) is 12.5. The lowest BCUT2D eigenvalue weighted by Crippen LogP contribution is -2.44. The van der Waals surface area contributed by atoms with Gasteiger partial charge < -0.3 is 20.0 Å². The minimum Gasteiger partial charge on any atom is -0.326 e. The lowest BCUT2D eigenvalue weighted by molar-refractivity contribution is -0.130.